The summed E-state index contributed by atoms with van der Waals surface area (Å²) < 4.78 is 24.6. The molecule has 1 unspecified atom stereocenters. The predicted molar refractivity (Wildman–Crippen MR) is 53.5 cm³/mol. The van der Waals surface area contributed by atoms with Crippen molar-refractivity contribution in [2.45, 2.75) is 32.2 Å². The standard InChI is InChI=1S/C11H15F2N/c1-7(2)8-4-3-5-9(6-8)10(14)11(12)13/h3-7,10-11H,14H2,1-2H3. The van der Waals surface area contributed by atoms with Crippen LogP contribution in [0.2, 0.25) is 0 Å². The van der Waals surface area contributed by atoms with E-state index in [1.54, 1.807) is 18.2 Å². The van der Waals surface area contributed by atoms with Crippen molar-refractivity contribution in [3.8, 4) is 0 Å². The number of benzene rings is 1. The van der Waals surface area contributed by atoms with Gasteiger partial charge in [-0.1, -0.05) is 38.1 Å². The lowest BCUT2D eigenvalue weighted by Crippen LogP contribution is -2.19. The summed E-state index contributed by atoms with van der Waals surface area (Å²) in [4.78, 5) is 0. The lowest BCUT2D eigenvalue weighted by molar-refractivity contribution is 0.116. The van der Waals surface area contributed by atoms with Crippen molar-refractivity contribution >= 4 is 0 Å². The fourth-order valence-electron chi connectivity index (χ4n) is 1.27. The van der Waals surface area contributed by atoms with Gasteiger partial charge in [-0.3, -0.25) is 0 Å². The number of hydrogen-bond acceptors (Lipinski definition) is 1. The number of alkyl halides is 2. The molecule has 14 heavy (non-hydrogen) atoms. The van der Waals surface area contributed by atoms with Crippen LogP contribution in [-0.4, -0.2) is 6.43 Å². The number of nitrogens with two attached hydrogens (primary N) is 1. The summed E-state index contributed by atoms with van der Waals surface area (Å²) in [6.45, 7) is 4.04. The molecule has 0 aliphatic heterocycles. The summed E-state index contributed by atoms with van der Waals surface area (Å²) in [6, 6.07) is 5.91. The number of hydrogen-bond donors (Lipinski definition) is 1. The first-order valence-electron chi connectivity index (χ1n) is 4.66. The molecular weight excluding hydrogens is 184 g/mol. The van der Waals surface area contributed by atoms with Crippen molar-refractivity contribution in [1.82, 2.24) is 0 Å². The van der Waals surface area contributed by atoms with Crippen LogP contribution >= 0.6 is 0 Å². The van der Waals surface area contributed by atoms with E-state index >= 15 is 0 Å². The van der Waals surface area contributed by atoms with Gasteiger partial charge in [0.05, 0.1) is 6.04 Å². The summed E-state index contributed by atoms with van der Waals surface area (Å²) in [5.74, 6) is 0.333. The van der Waals surface area contributed by atoms with Crippen LogP contribution < -0.4 is 5.73 Å². The zero-order chi connectivity index (χ0) is 10.7. The van der Waals surface area contributed by atoms with Gasteiger partial charge in [0, 0.05) is 0 Å². The summed E-state index contributed by atoms with van der Waals surface area (Å²) in [6.07, 6.45) is -2.50. The van der Waals surface area contributed by atoms with Crippen LogP contribution in [0.15, 0.2) is 24.3 Å². The van der Waals surface area contributed by atoms with E-state index in [2.05, 4.69) is 0 Å². The van der Waals surface area contributed by atoms with Gasteiger partial charge in [-0.15, -0.1) is 0 Å². The Labute approximate surface area is 82.9 Å². The quantitative estimate of drug-likeness (QED) is 0.795. The predicted octanol–water partition coefficient (Wildman–Crippen LogP) is 3.07. The van der Waals surface area contributed by atoms with E-state index in [1.807, 2.05) is 19.9 Å². The Morgan fingerprint density at radius 1 is 1.14 bits per heavy atom. The Balaban J connectivity index is 2.93. The van der Waals surface area contributed by atoms with Crippen LogP contribution in [0.5, 0.6) is 0 Å². The fourth-order valence-corrected chi connectivity index (χ4v) is 1.27. The molecule has 0 aliphatic rings. The van der Waals surface area contributed by atoms with Crippen molar-refractivity contribution in [2.75, 3.05) is 0 Å². The van der Waals surface area contributed by atoms with Crippen LogP contribution in [0.4, 0.5) is 8.78 Å². The molecule has 2 N–H and O–H groups in total. The highest BCUT2D eigenvalue weighted by Crippen LogP contribution is 2.22. The zero-order valence-corrected chi connectivity index (χ0v) is 8.37. The van der Waals surface area contributed by atoms with E-state index in [0.717, 1.165) is 5.56 Å². The van der Waals surface area contributed by atoms with Crippen LogP contribution in [0.25, 0.3) is 0 Å². The van der Waals surface area contributed by atoms with E-state index in [-0.39, 0.29) is 0 Å². The third-order valence-corrected chi connectivity index (χ3v) is 2.23. The number of halogens is 2. The Kier molecular flexibility index (Phi) is 3.58. The first-order valence-corrected chi connectivity index (χ1v) is 4.66. The second-order valence-corrected chi connectivity index (χ2v) is 3.69. The van der Waals surface area contributed by atoms with E-state index in [0.29, 0.717) is 11.5 Å². The molecule has 0 aliphatic carbocycles. The second-order valence-electron chi connectivity index (χ2n) is 3.69. The molecule has 0 fully saturated rings. The van der Waals surface area contributed by atoms with Gasteiger partial charge in [-0.25, -0.2) is 8.78 Å². The molecule has 0 saturated heterocycles. The number of rotatable bonds is 3. The van der Waals surface area contributed by atoms with Gasteiger partial charge in [-0.05, 0) is 17.0 Å². The molecule has 0 bridgehead atoms. The molecule has 0 saturated carbocycles. The molecule has 1 nitrogen and oxygen atoms in total. The zero-order valence-electron chi connectivity index (χ0n) is 8.37. The maximum atomic E-state index is 12.3. The average molecular weight is 199 g/mol. The molecule has 3 heteroatoms. The highest BCUT2D eigenvalue weighted by molar-refractivity contribution is 5.28. The lowest BCUT2D eigenvalue weighted by Gasteiger charge is -2.13. The molecule has 0 amide bonds. The minimum atomic E-state index is -2.50. The van der Waals surface area contributed by atoms with Crippen molar-refractivity contribution in [3.63, 3.8) is 0 Å². The topological polar surface area (TPSA) is 26.0 Å². The first-order chi connectivity index (χ1) is 6.52. The molecule has 0 heterocycles. The van der Waals surface area contributed by atoms with Crippen LogP contribution in [0.3, 0.4) is 0 Å². The summed E-state index contributed by atoms with van der Waals surface area (Å²) in [5.41, 5.74) is 6.90. The Morgan fingerprint density at radius 3 is 2.21 bits per heavy atom. The van der Waals surface area contributed by atoms with E-state index in [4.69, 9.17) is 5.73 Å². The van der Waals surface area contributed by atoms with Gasteiger partial charge in [-0.2, -0.15) is 0 Å². The molecular formula is C11H15F2N. The summed E-state index contributed by atoms with van der Waals surface area (Å²) in [7, 11) is 0. The van der Waals surface area contributed by atoms with Crippen LogP contribution in [-0.2, 0) is 0 Å². The van der Waals surface area contributed by atoms with Crippen molar-refractivity contribution in [3.05, 3.63) is 35.4 Å². The lowest BCUT2D eigenvalue weighted by atomic mass is 9.98. The maximum absolute atomic E-state index is 12.3. The van der Waals surface area contributed by atoms with E-state index in [1.165, 1.54) is 0 Å². The first kappa shape index (κ1) is 11.1. The Morgan fingerprint density at radius 2 is 1.71 bits per heavy atom. The van der Waals surface area contributed by atoms with E-state index < -0.39 is 12.5 Å². The van der Waals surface area contributed by atoms with Gasteiger partial charge in [0.2, 0.25) is 0 Å². The normalized spacial score (nSPS) is 13.6. The average Bonchev–Trinajstić information content (AvgIpc) is 2.16. The molecule has 0 radical (unpaired) electrons. The minimum Gasteiger partial charge on any atom is -0.319 e. The van der Waals surface area contributed by atoms with E-state index in [9.17, 15) is 8.78 Å². The largest absolute Gasteiger partial charge is 0.319 e. The van der Waals surface area contributed by atoms with Crippen LogP contribution in [0, 0.1) is 0 Å². The molecule has 1 atom stereocenters. The summed E-state index contributed by atoms with van der Waals surface area (Å²) >= 11 is 0. The van der Waals surface area contributed by atoms with Crippen molar-refractivity contribution in [1.29, 1.82) is 0 Å². The molecule has 1 rings (SSSR count). The van der Waals surface area contributed by atoms with Gasteiger partial charge in [0.25, 0.3) is 6.43 Å². The molecule has 0 spiro atoms. The minimum absolute atomic E-state index is 0.333. The maximum Gasteiger partial charge on any atom is 0.257 e. The Bertz CT molecular complexity index is 297. The smallest absolute Gasteiger partial charge is 0.257 e. The fraction of sp³-hybridized carbons (Fsp3) is 0.455. The van der Waals surface area contributed by atoms with Gasteiger partial charge in [0.1, 0.15) is 0 Å². The molecule has 0 aromatic heterocycles. The van der Waals surface area contributed by atoms with Crippen molar-refractivity contribution in [2.24, 2.45) is 5.73 Å². The van der Waals surface area contributed by atoms with Gasteiger partial charge >= 0.3 is 0 Å². The molecule has 1 aromatic carbocycles. The van der Waals surface area contributed by atoms with Gasteiger partial charge < -0.3 is 5.73 Å². The molecule has 1 aromatic rings. The highest BCUT2D eigenvalue weighted by Gasteiger charge is 2.17. The SMILES string of the molecule is CC(C)c1cccc(C(N)C(F)F)c1. The molecule has 78 valence electrons. The summed E-state index contributed by atoms with van der Waals surface area (Å²) in [5, 5.41) is 0. The Hall–Kier alpha value is -0.960. The van der Waals surface area contributed by atoms with Crippen molar-refractivity contribution < 1.29 is 8.78 Å². The monoisotopic (exact) mass is 199 g/mol. The third-order valence-electron chi connectivity index (χ3n) is 2.23. The van der Waals surface area contributed by atoms with Crippen LogP contribution in [0.1, 0.15) is 36.9 Å². The second kappa shape index (κ2) is 4.51. The third kappa shape index (κ3) is 2.51. The van der Waals surface area contributed by atoms with Gasteiger partial charge in [0.15, 0.2) is 0 Å². The highest BCUT2D eigenvalue weighted by atomic mass is 19.3.